The molecule has 106 valence electrons. The van der Waals surface area contributed by atoms with E-state index >= 15 is 0 Å². The number of methoxy groups -OCH3 is 1. The van der Waals surface area contributed by atoms with Crippen LogP contribution in [0.2, 0.25) is 5.02 Å². The van der Waals surface area contributed by atoms with Gasteiger partial charge in [-0.05, 0) is 36.4 Å². The summed E-state index contributed by atoms with van der Waals surface area (Å²) in [6.07, 6.45) is 0. The van der Waals surface area contributed by atoms with Gasteiger partial charge in [-0.1, -0.05) is 27.5 Å². The molecule has 3 nitrogen and oxygen atoms in total. The van der Waals surface area contributed by atoms with Gasteiger partial charge in [0.15, 0.2) is 0 Å². The minimum absolute atomic E-state index is 0.120. The number of halogens is 2. The van der Waals surface area contributed by atoms with Crippen LogP contribution in [-0.4, -0.2) is 12.2 Å². The summed E-state index contributed by atoms with van der Waals surface area (Å²) in [7, 11) is 1.62. The van der Waals surface area contributed by atoms with Gasteiger partial charge in [0.2, 0.25) is 0 Å². The lowest BCUT2D eigenvalue weighted by Crippen LogP contribution is -2.01. The first-order valence-electron chi connectivity index (χ1n) is 5.98. The van der Waals surface area contributed by atoms with E-state index in [1.807, 2.05) is 18.2 Å². The van der Waals surface area contributed by atoms with Crippen molar-refractivity contribution in [3.05, 3.63) is 57.0 Å². The molecule has 0 saturated heterocycles. The van der Waals surface area contributed by atoms with Crippen LogP contribution in [0, 0.1) is 0 Å². The molecule has 5 heteroatoms. The van der Waals surface area contributed by atoms with Gasteiger partial charge < -0.3 is 14.6 Å². The number of rotatable bonds is 5. The van der Waals surface area contributed by atoms with Gasteiger partial charge in [0.05, 0.1) is 13.7 Å². The maximum atomic E-state index is 9.31. The predicted octanol–water partition coefficient (Wildman–Crippen LogP) is 4.18. The fraction of sp³-hybridized carbons (Fsp3) is 0.200. The first-order chi connectivity index (χ1) is 9.63. The number of benzene rings is 2. The van der Waals surface area contributed by atoms with E-state index in [1.54, 1.807) is 25.3 Å². The van der Waals surface area contributed by atoms with Crippen molar-refractivity contribution >= 4 is 27.5 Å². The third-order valence-electron chi connectivity index (χ3n) is 2.82. The van der Waals surface area contributed by atoms with Crippen molar-refractivity contribution in [3.63, 3.8) is 0 Å². The summed E-state index contributed by atoms with van der Waals surface area (Å²) in [4.78, 5) is 0. The van der Waals surface area contributed by atoms with Crippen molar-refractivity contribution in [1.82, 2.24) is 0 Å². The quantitative estimate of drug-likeness (QED) is 0.872. The van der Waals surface area contributed by atoms with Crippen molar-refractivity contribution in [2.75, 3.05) is 7.11 Å². The van der Waals surface area contributed by atoms with E-state index in [2.05, 4.69) is 15.9 Å². The first kappa shape index (κ1) is 15.2. The van der Waals surface area contributed by atoms with Gasteiger partial charge in [-0.2, -0.15) is 0 Å². The van der Waals surface area contributed by atoms with Gasteiger partial charge in [-0.15, -0.1) is 0 Å². The second kappa shape index (κ2) is 6.97. The third kappa shape index (κ3) is 3.66. The summed E-state index contributed by atoms with van der Waals surface area (Å²) in [5.41, 5.74) is 1.58. The molecule has 0 aliphatic carbocycles. The van der Waals surface area contributed by atoms with E-state index in [1.165, 1.54) is 0 Å². The van der Waals surface area contributed by atoms with Gasteiger partial charge in [-0.3, -0.25) is 0 Å². The Labute approximate surface area is 131 Å². The molecule has 0 amide bonds. The van der Waals surface area contributed by atoms with E-state index in [-0.39, 0.29) is 6.61 Å². The molecule has 2 rings (SSSR count). The second-order valence-corrected chi connectivity index (χ2v) is 5.51. The highest BCUT2D eigenvalue weighted by atomic mass is 79.9. The van der Waals surface area contributed by atoms with Crippen LogP contribution in [0.25, 0.3) is 0 Å². The van der Waals surface area contributed by atoms with Crippen LogP contribution in [0.3, 0.4) is 0 Å². The molecule has 0 heterocycles. The molecule has 0 aliphatic rings. The highest BCUT2D eigenvalue weighted by Crippen LogP contribution is 2.27. The predicted molar refractivity (Wildman–Crippen MR) is 82.4 cm³/mol. The number of aliphatic hydroxyl groups excluding tert-OH is 1. The lowest BCUT2D eigenvalue weighted by molar-refractivity contribution is 0.257. The monoisotopic (exact) mass is 356 g/mol. The molecule has 0 spiro atoms. The molecule has 2 aromatic carbocycles. The number of ether oxygens (including phenoxy) is 2. The summed E-state index contributed by atoms with van der Waals surface area (Å²) in [5, 5.41) is 9.88. The molecule has 0 fully saturated rings. The van der Waals surface area contributed by atoms with E-state index in [0.29, 0.717) is 22.9 Å². The second-order valence-electron chi connectivity index (χ2n) is 4.16. The van der Waals surface area contributed by atoms with E-state index in [4.69, 9.17) is 21.1 Å². The molecular weight excluding hydrogens is 344 g/mol. The largest absolute Gasteiger partial charge is 0.496 e. The van der Waals surface area contributed by atoms with E-state index < -0.39 is 0 Å². The maximum absolute atomic E-state index is 9.31. The number of aliphatic hydroxyl groups is 1. The molecule has 0 aliphatic heterocycles. The molecule has 0 radical (unpaired) electrons. The van der Waals surface area contributed by atoms with Crippen LogP contribution in [-0.2, 0) is 13.2 Å². The maximum Gasteiger partial charge on any atom is 0.125 e. The summed E-state index contributed by atoms with van der Waals surface area (Å²) >= 11 is 9.31. The SMILES string of the molecule is COc1ccc(Br)cc1COc1ccc(Cl)cc1CO. The topological polar surface area (TPSA) is 38.7 Å². The molecule has 0 unspecified atom stereocenters. The Balaban J connectivity index is 2.18. The molecule has 0 bridgehead atoms. The fourth-order valence-corrected chi connectivity index (χ4v) is 2.43. The highest BCUT2D eigenvalue weighted by molar-refractivity contribution is 9.10. The molecule has 2 aromatic rings. The van der Waals surface area contributed by atoms with Crippen LogP contribution >= 0.6 is 27.5 Å². The Bertz CT molecular complexity index is 602. The Hall–Kier alpha value is -1.23. The average molecular weight is 358 g/mol. The molecule has 0 aromatic heterocycles. The standard InChI is InChI=1S/C15H14BrClO3/c1-19-14-4-2-12(16)6-11(14)9-20-15-5-3-13(17)7-10(15)8-18/h2-7,18H,8-9H2,1H3. The average Bonchev–Trinajstić information content (AvgIpc) is 2.46. The Morgan fingerprint density at radius 1 is 1.10 bits per heavy atom. The lowest BCUT2D eigenvalue weighted by Gasteiger charge is -2.13. The first-order valence-corrected chi connectivity index (χ1v) is 7.15. The van der Waals surface area contributed by atoms with Crippen molar-refractivity contribution in [2.24, 2.45) is 0 Å². The van der Waals surface area contributed by atoms with Crippen molar-refractivity contribution in [3.8, 4) is 11.5 Å². The van der Waals surface area contributed by atoms with Gasteiger partial charge in [0.25, 0.3) is 0 Å². The van der Waals surface area contributed by atoms with Crippen LogP contribution in [0.1, 0.15) is 11.1 Å². The summed E-state index contributed by atoms with van der Waals surface area (Å²) < 4.78 is 12.0. The molecular formula is C15H14BrClO3. The van der Waals surface area contributed by atoms with Crippen molar-refractivity contribution < 1.29 is 14.6 Å². The summed E-state index contributed by atoms with van der Waals surface area (Å²) in [5.74, 6) is 1.37. The number of hydrogen-bond donors (Lipinski definition) is 1. The Kier molecular flexibility index (Phi) is 5.29. The van der Waals surface area contributed by atoms with Gasteiger partial charge in [-0.25, -0.2) is 0 Å². The Morgan fingerprint density at radius 2 is 1.85 bits per heavy atom. The molecule has 0 saturated carbocycles. The van der Waals surface area contributed by atoms with Crippen LogP contribution < -0.4 is 9.47 Å². The van der Waals surface area contributed by atoms with Crippen molar-refractivity contribution in [2.45, 2.75) is 13.2 Å². The smallest absolute Gasteiger partial charge is 0.125 e. The van der Waals surface area contributed by atoms with E-state index in [9.17, 15) is 5.11 Å². The third-order valence-corrected chi connectivity index (χ3v) is 3.55. The fourth-order valence-electron chi connectivity index (χ4n) is 1.83. The lowest BCUT2D eigenvalue weighted by atomic mass is 10.2. The van der Waals surface area contributed by atoms with Gasteiger partial charge in [0.1, 0.15) is 18.1 Å². The molecule has 0 atom stereocenters. The molecule has 1 N–H and O–H groups in total. The zero-order chi connectivity index (χ0) is 14.5. The minimum Gasteiger partial charge on any atom is -0.496 e. The molecule has 20 heavy (non-hydrogen) atoms. The Morgan fingerprint density at radius 3 is 2.55 bits per heavy atom. The van der Waals surface area contributed by atoms with Gasteiger partial charge in [0, 0.05) is 20.6 Å². The summed E-state index contributed by atoms with van der Waals surface area (Å²) in [6.45, 7) is 0.225. The van der Waals surface area contributed by atoms with Crippen LogP contribution in [0.15, 0.2) is 40.9 Å². The summed E-state index contributed by atoms with van der Waals surface area (Å²) in [6, 6.07) is 10.9. The zero-order valence-corrected chi connectivity index (χ0v) is 13.2. The highest BCUT2D eigenvalue weighted by Gasteiger charge is 2.08. The van der Waals surface area contributed by atoms with Gasteiger partial charge >= 0.3 is 0 Å². The number of hydrogen-bond acceptors (Lipinski definition) is 3. The van der Waals surface area contributed by atoms with Crippen LogP contribution in [0.4, 0.5) is 0 Å². The normalized spacial score (nSPS) is 10.4. The zero-order valence-electron chi connectivity index (χ0n) is 10.9. The van der Waals surface area contributed by atoms with Crippen LogP contribution in [0.5, 0.6) is 11.5 Å². The van der Waals surface area contributed by atoms with Crippen molar-refractivity contribution in [1.29, 1.82) is 0 Å². The minimum atomic E-state index is -0.120. The van der Waals surface area contributed by atoms with E-state index in [0.717, 1.165) is 15.8 Å².